The Balaban J connectivity index is 0.000000196. The number of carbonyl (C=O) groups is 6. The van der Waals surface area contributed by atoms with E-state index < -0.39 is 29.5 Å². The van der Waals surface area contributed by atoms with E-state index in [-0.39, 0.29) is 89.8 Å². The average molecular weight is 1250 g/mol. The molecule has 9 aromatic rings. The van der Waals surface area contributed by atoms with E-state index in [2.05, 4.69) is 29.9 Å². The molecule has 0 atom stereocenters. The molecule has 0 unspecified atom stereocenters. The van der Waals surface area contributed by atoms with Crippen molar-refractivity contribution in [1.82, 2.24) is 29.9 Å². The Morgan fingerprint density at radius 3 is 1.38 bits per heavy atom. The fraction of sp³-hybridized carbons (Fsp3) is 0.250. The van der Waals surface area contributed by atoms with Gasteiger partial charge in [-0.25, -0.2) is 13.8 Å². The molecule has 9 rings (SSSR count). The molecule has 0 bridgehead atoms. The number of Topliss-reactive ketones (excluding diaryl/α,β-unsaturated/α-hetero) is 3. The van der Waals surface area contributed by atoms with Gasteiger partial charge in [0, 0.05) is 129 Å². The lowest BCUT2D eigenvalue weighted by atomic mass is 10.0. The minimum atomic E-state index is -0.937. The first-order valence-corrected chi connectivity index (χ1v) is 29.8. The Labute approximate surface area is 531 Å². The molecule has 6 aromatic heterocycles. The second-order valence-electron chi connectivity index (χ2n) is 21.5. The van der Waals surface area contributed by atoms with Gasteiger partial charge in [-0.2, -0.15) is 18.2 Å². The molecule has 20 heteroatoms. The zero-order chi connectivity index (χ0) is 66.8. The maximum Gasteiger partial charge on any atom is 0.226 e. The number of anilines is 3. The Morgan fingerprint density at radius 2 is 0.924 bits per heavy atom. The average Bonchev–Trinajstić information content (AvgIpc) is 1.01. The lowest BCUT2D eigenvalue weighted by Crippen LogP contribution is -2.25. The van der Waals surface area contributed by atoms with E-state index in [1.54, 1.807) is 87.6 Å². The van der Waals surface area contributed by atoms with Crippen molar-refractivity contribution in [1.29, 1.82) is 0 Å². The van der Waals surface area contributed by atoms with E-state index in [4.69, 9.17) is 0 Å². The van der Waals surface area contributed by atoms with Crippen molar-refractivity contribution in [2.75, 3.05) is 35.8 Å². The van der Waals surface area contributed by atoms with Crippen molar-refractivity contribution in [2.24, 2.45) is 0 Å². The van der Waals surface area contributed by atoms with Crippen LogP contribution in [0.4, 0.5) is 39.0 Å². The van der Waals surface area contributed by atoms with Crippen LogP contribution in [-0.4, -0.2) is 86.1 Å². The Bertz CT molecular complexity index is 3950. The molecule has 0 aliphatic carbocycles. The van der Waals surface area contributed by atoms with Crippen LogP contribution in [0.3, 0.4) is 0 Å². The Kier molecular flexibility index (Phi) is 24.3. The highest BCUT2D eigenvalue weighted by Crippen LogP contribution is 2.30. The number of benzene rings is 3. The minimum Gasteiger partial charge on any atom is -0.316 e. The van der Waals surface area contributed by atoms with Crippen LogP contribution in [0, 0.1) is 50.2 Å². The second-order valence-corrected chi connectivity index (χ2v) is 21.5. The second kappa shape index (κ2) is 32.4. The molecule has 92 heavy (non-hydrogen) atoms. The fourth-order valence-corrected chi connectivity index (χ4v) is 9.74. The van der Waals surface area contributed by atoms with Crippen molar-refractivity contribution >= 4 is 52.1 Å². The van der Waals surface area contributed by atoms with E-state index in [1.165, 1.54) is 72.7 Å². The molecule has 0 spiro atoms. The first kappa shape index (κ1) is 69.1. The maximum absolute atomic E-state index is 14.5. The van der Waals surface area contributed by atoms with Gasteiger partial charge in [0.25, 0.3) is 0 Å². The molecule has 15 nitrogen and oxygen atoms in total. The van der Waals surface area contributed by atoms with Crippen molar-refractivity contribution < 1.29 is 50.7 Å². The molecular weight excluding hydrogens is 1180 g/mol. The summed E-state index contributed by atoms with van der Waals surface area (Å²) in [5.74, 6) is -4.14. The van der Waals surface area contributed by atoms with Gasteiger partial charge in [0.05, 0.1) is 17.1 Å². The predicted molar refractivity (Wildman–Crippen MR) is 345 cm³/mol. The van der Waals surface area contributed by atoms with Gasteiger partial charge in [-0.1, -0.05) is 63.2 Å². The SMILES string of the molecule is CCC(=O)N(C)c1ccc(-c2ccc(C(=O)CCc3ccc(F)nc3C)nc2)cc1F.CCC(=O)N(C)c1ccc(-c2ccc(C(=O)CCc3ccc(F)nc3F)nc2)cc1F.CCC(=O)N(C)c1ccc(-c2ccc(C(=O)CCc3cccnc3C)cn2)c(C)c1. The van der Waals surface area contributed by atoms with E-state index in [9.17, 15) is 50.7 Å². The lowest BCUT2D eigenvalue weighted by Gasteiger charge is -2.18. The summed E-state index contributed by atoms with van der Waals surface area (Å²) in [6.07, 6.45) is 9.21. The van der Waals surface area contributed by atoms with Crippen LogP contribution in [0.25, 0.3) is 33.5 Å². The zero-order valence-corrected chi connectivity index (χ0v) is 52.7. The summed E-state index contributed by atoms with van der Waals surface area (Å²) in [7, 11) is 4.83. The molecule has 0 N–H and O–H groups in total. The molecular formula is C72H70F5N9O6. The first-order valence-electron chi connectivity index (χ1n) is 29.8. The van der Waals surface area contributed by atoms with Gasteiger partial charge in [-0.05, 0) is 153 Å². The van der Waals surface area contributed by atoms with E-state index in [1.807, 2.05) is 63.2 Å². The molecule has 474 valence electrons. The number of aromatic nitrogens is 6. The highest BCUT2D eigenvalue weighted by Gasteiger charge is 2.19. The van der Waals surface area contributed by atoms with Gasteiger partial charge in [0.2, 0.25) is 35.6 Å². The van der Waals surface area contributed by atoms with Gasteiger partial charge in [0.1, 0.15) is 23.0 Å². The third-order valence-electron chi connectivity index (χ3n) is 15.4. The van der Waals surface area contributed by atoms with Crippen molar-refractivity contribution in [3.63, 3.8) is 0 Å². The summed E-state index contributed by atoms with van der Waals surface area (Å²) in [6.45, 7) is 10.9. The van der Waals surface area contributed by atoms with Crippen molar-refractivity contribution in [3.05, 3.63) is 232 Å². The van der Waals surface area contributed by atoms with Crippen molar-refractivity contribution in [2.45, 2.75) is 99.3 Å². The highest BCUT2D eigenvalue weighted by atomic mass is 19.1. The maximum atomic E-state index is 14.5. The van der Waals surface area contributed by atoms with Gasteiger partial charge >= 0.3 is 0 Å². The number of carbonyl (C=O) groups excluding carboxylic acids is 6. The molecule has 3 amide bonds. The van der Waals surface area contributed by atoms with Crippen LogP contribution < -0.4 is 14.7 Å². The normalized spacial score (nSPS) is 10.7. The number of pyridine rings is 6. The Morgan fingerprint density at radius 1 is 0.435 bits per heavy atom. The number of aryl methyl sites for hydroxylation is 6. The minimum absolute atomic E-state index is 0.0162. The number of nitrogens with zero attached hydrogens (tertiary/aromatic N) is 9. The van der Waals surface area contributed by atoms with Gasteiger partial charge in [0.15, 0.2) is 17.3 Å². The molecule has 0 aliphatic heterocycles. The smallest absolute Gasteiger partial charge is 0.226 e. The van der Waals surface area contributed by atoms with Crippen LogP contribution in [-0.2, 0) is 33.6 Å². The Hall–Kier alpha value is -10.4. The fourth-order valence-electron chi connectivity index (χ4n) is 9.74. The number of halogens is 5. The van der Waals surface area contributed by atoms with Gasteiger partial charge in [-0.15, -0.1) is 0 Å². The molecule has 0 fully saturated rings. The summed E-state index contributed by atoms with van der Waals surface area (Å²) >= 11 is 0. The molecule has 0 aliphatic rings. The summed E-state index contributed by atoms with van der Waals surface area (Å²) in [4.78, 5) is 101. The number of hydrogen-bond acceptors (Lipinski definition) is 12. The summed E-state index contributed by atoms with van der Waals surface area (Å²) in [5.41, 5.74) is 11.2. The van der Waals surface area contributed by atoms with E-state index in [0.29, 0.717) is 64.9 Å². The monoisotopic (exact) mass is 1250 g/mol. The summed E-state index contributed by atoms with van der Waals surface area (Å²) < 4.78 is 68.5. The number of rotatable bonds is 21. The summed E-state index contributed by atoms with van der Waals surface area (Å²) in [5, 5.41) is 0. The summed E-state index contributed by atoms with van der Waals surface area (Å²) in [6, 6.07) is 34.2. The molecule has 6 heterocycles. The number of hydrogen-bond donors (Lipinski definition) is 0. The first-order chi connectivity index (χ1) is 44.0. The topological polar surface area (TPSA) is 189 Å². The van der Waals surface area contributed by atoms with Crippen LogP contribution in [0.15, 0.2) is 152 Å². The largest absolute Gasteiger partial charge is 0.316 e. The lowest BCUT2D eigenvalue weighted by molar-refractivity contribution is -0.118. The number of amides is 3. The van der Waals surface area contributed by atoms with Crippen LogP contribution >= 0.6 is 0 Å². The van der Waals surface area contributed by atoms with Crippen LogP contribution in [0.1, 0.15) is 124 Å². The molecule has 0 saturated heterocycles. The van der Waals surface area contributed by atoms with Crippen LogP contribution in [0.2, 0.25) is 0 Å². The zero-order valence-electron chi connectivity index (χ0n) is 52.7. The quantitative estimate of drug-likeness (QED) is 0.0376. The third-order valence-corrected chi connectivity index (χ3v) is 15.4. The van der Waals surface area contributed by atoms with E-state index >= 15 is 0 Å². The third kappa shape index (κ3) is 18.2. The molecule has 0 saturated carbocycles. The van der Waals surface area contributed by atoms with Crippen molar-refractivity contribution in [3.8, 4) is 33.5 Å². The predicted octanol–water partition coefficient (Wildman–Crippen LogP) is 14.6. The number of ketones is 3. The van der Waals surface area contributed by atoms with E-state index in [0.717, 1.165) is 45.4 Å². The molecule has 0 radical (unpaired) electrons. The van der Waals surface area contributed by atoms with Gasteiger partial charge in [-0.3, -0.25) is 48.7 Å². The van der Waals surface area contributed by atoms with Crippen LogP contribution in [0.5, 0.6) is 0 Å². The standard InChI is InChI=1S/C25H27N3O2.C24H23F2N3O2.C23H20F3N3O2/c1-5-25(30)28(4)21-10-11-22(17(2)15-21)23-12-8-20(16-27-23)24(29)13-9-19-7-6-14-26-18(19)3;1-4-24(31)29(3)21-10-6-17(13-19(21)25)18-5-9-20(27-14-18)22(30)11-7-16-8-12-23(26)28-15(16)2;1-3-22(31)29(2)19-9-5-15(12-17(19)24)16-4-8-18(27-13-16)20(30)10-6-14-7-11-21(25)28-23(14)26/h6-8,10-12,14-16H,5,9,13H2,1-4H3;5-6,8-10,12-14H,4,7,11H2,1-3H3;4-5,7-9,11-13H,3,6,10H2,1-2H3. The van der Waals surface area contributed by atoms with Gasteiger partial charge < -0.3 is 14.7 Å². The highest BCUT2D eigenvalue weighted by molar-refractivity contribution is 5.98. The molecule has 3 aromatic carbocycles.